The minimum absolute atomic E-state index is 0.218. The molecule has 2 aromatic rings. The summed E-state index contributed by atoms with van der Waals surface area (Å²) < 4.78 is 0. The molecular weight excluding hydrogens is 367 g/mol. The molecule has 0 saturated heterocycles. The molecule has 2 fully saturated rings. The molecular formula is C24H33O3P. The molecule has 0 atom stereocenters. The van der Waals surface area contributed by atoms with Gasteiger partial charge in [-0.05, 0) is 0 Å². The molecule has 2 aromatic carbocycles. The third-order valence-corrected chi connectivity index (χ3v) is 9.39. The van der Waals surface area contributed by atoms with E-state index in [1.807, 2.05) is 24.3 Å². The summed E-state index contributed by atoms with van der Waals surface area (Å²) in [6.45, 7) is 0. The fourth-order valence-electron chi connectivity index (χ4n) is 5.06. The first-order chi connectivity index (χ1) is 13.4. The number of benzene rings is 2. The minimum atomic E-state index is -5.09. The van der Waals surface area contributed by atoms with Gasteiger partial charge in [0.15, 0.2) is 0 Å². The Hall–Kier alpha value is -1.25. The summed E-state index contributed by atoms with van der Waals surface area (Å²) in [5.41, 5.74) is 2.48. The SMILES string of the molecule is OP(O)(O)(c1ccc(C2CCCCC2)cc1)c1ccc(C2CCCCC2)cc1. The second kappa shape index (κ2) is 7.88. The van der Waals surface area contributed by atoms with Crippen molar-refractivity contribution >= 4 is 17.9 Å². The zero-order valence-corrected chi connectivity index (χ0v) is 17.5. The molecule has 0 radical (unpaired) electrons. The topological polar surface area (TPSA) is 60.7 Å². The van der Waals surface area contributed by atoms with Crippen LogP contribution in [0, 0.1) is 0 Å². The molecule has 0 bridgehead atoms. The summed E-state index contributed by atoms with van der Waals surface area (Å²) in [5, 5.41) is 0.437. The average Bonchev–Trinajstić information content (AvgIpc) is 2.75. The van der Waals surface area contributed by atoms with Gasteiger partial charge in [0.2, 0.25) is 0 Å². The molecule has 0 unspecified atom stereocenters. The van der Waals surface area contributed by atoms with Crippen molar-refractivity contribution in [3.63, 3.8) is 0 Å². The maximum atomic E-state index is 11.0. The Morgan fingerprint density at radius 3 is 1.14 bits per heavy atom. The van der Waals surface area contributed by atoms with Crippen molar-refractivity contribution in [2.75, 3.05) is 0 Å². The van der Waals surface area contributed by atoms with Gasteiger partial charge in [-0.2, -0.15) is 0 Å². The first-order valence-electron chi connectivity index (χ1n) is 10.9. The molecule has 4 heteroatoms. The Morgan fingerprint density at radius 2 is 0.821 bits per heavy atom. The predicted octanol–water partition coefficient (Wildman–Crippen LogP) is 5.01. The van der Waals surface area contributed by atoms with Crippen LogP contribution in [-0.2, 0) is 0 Å². The maximum absolute atomic E-state index is 11.0. The van der Waals surface area contributed by atoms with Crippen LogP contribution in [0.25, 0.3) is 0 Å². The third kappa shape index (κ3) is 4.04. The third-order valence-electron chi connectivity index (χ3n) is 6.89. The Balaban J connectivity index is 1.56. The molecule has 3 nitrogen and oxygen atoms in total. The van der Waals surface area contributed by atoms with Gasteiger partial charge in [-0.25, -0.2) is 0 Å². The number of hydrogen-bond acceptors (Lipinski definition) is 3. The van der Waals surface area contributed by atoms with Gasteiger partial charge in [0.1, 0.15) is 0 Å². The van der Waals surface area contributed by atoms with E-state index in [9.17, 15) is 14.7 Å². The van der Waals surface area contributed by atoms with E-state index >= 15 is 0 Å². The fourth-order valence-corrected chi connectivity index (χ4v) is 6.76. The van der Waals surface area contributed by atoms with Crippen LogP contribution in [0.1, 0.15) is 87.2 Å². The molecule has 0 heterocycles. The average molecular weight is 400 g/mol. The summed E-state index contributed by atoms with van der Waals surface area (Å²) in [4.78, 5) is 32.9. The van der Waals surface area contributed by atoms with Crippen LogP contribution in [-0.4, -0.2) is 14.7 Å². The van der Waals surface area contributed by atoms with E-state index in [4.69, 9.17) is 0 Å². The van der Waals surface area contributed by atoms with Crippen molar-refractivity contribution in [1.82, 2.24) is 0 Å². The van der Waals surface area contributed by atoms with Gasteiger partial charge < -0.3 is 0 Å². The Morgan fingerprint density at radius 1 is 0.500 bits per heavy atom. The van der Waals surface area contributed by atoms with Gasteiger partial charge in [-0.3, -0.25) is 0 Å². The standard InChI is InChI=1S/C24H33O3P/c25-28(26,27,23-15-11-21(12-16-23)19-7-3-1-4-8-19)24-17-13-22(14-18-24)20-9-5-2-6-10-20/h11-20,25-27H,1-10H2. The van der Waals surface area contributed by atoms with Crippen LogP contribution in [0.5, 0.6) is 0 Å². The van der Waals surface area contributed by atoms with Gasteiger partial charge in [0, 0.05) is 0 Å². The van der Waals surface area contributed by atoms with Crippen molar-refractivity contribution in [2.45, 2.75) is 76.0 Å². The number of rotatable bonds is 4. The molecule has 152 valence electrons. The first-order valence-corrected chi connectivity index (χ1v) is 13.0. The van der Waals surface area contributed by atoms with Gasteiger partial charge in [0.25, 0.3) is 0 Å². The molecule has 0 aromatic heterocycles. The zero-order valence-electron chi connectivity index (χ0n) is 16.6. The van der Waals surface area contributed by atoms with Crippen LogP contribution in [0.2, 0.25) is 0 Å². The fraction of sp³-hybridized carbons (Fsp3) is 0.500. The van der Waals surface area contributed by atoms with Crippen LogP contribution in [0.15, 0.2) is 48.5 Å². The number of hydrogen-bond donors (Lipinski definition) is 3. The van der Waals surface area contributed by atoms with E-state index in [1.54, 1.807) is 24.3 Å². The summed E-state index contributed by atoms with van der Waals surface area (Å²) in [6.07, 6.45) is 12.5. The summed E-state index contributed by atoms with van der Waals surface area (Å²) in [6, 6.07) is 14.7. The van der Waals surface area contributed by atoms with E-state index in [-0.39, 0.29) is 10.6 Å². The molecule has 4 rings (SSSR count). The van der Waals surface area contributed by atoms with Crippen LogP contribution >= 0.6 is 7.28 Å². The van der Waals surface area contributed by atoms with Crippen molar-refractivity contribution in [1.29, 1.82) is 0 Å². The van der Waals surface area contributed by atoms with Crippen molar-refractivity contribution < 1.29 is 14.7 Å². The van der Waals surface area contributed by atoms with Crippen molar-refractivity contribution in [3.05, 3.63) is 59.7 Å². The predicted molar refractivity (Wildman–Crippen MR) is 117 cm³/mol. The monoisotopic (exact) mass is 400 g/mol. The van der Waals surface area contributed by atoms with Crippen molar-refractivity contribution in [2.24, 2.45) is 0 Å². The van der Waals surface area contributed by atoms with Crippen LogP contribution < -0.4 is 10.6 Å². The van der Waals surface area contributed by atoms with E-state index in [2.05, 4.69) is 0 Å². The van der Waals surface area contributed by atoms with Gasteiger partial charge in [-0.1, -0.05) is 0 Å². The molecule has 0 aliphatic heterocycles. The van der Waals surface area contributed by atoms with E-state index in [0.29, 0.717) is 11.8 Å². The molecule has 2 aliphatic carbocycles. The van der Waals surface area contributed by atoms with Crippen LogP contribution in [0.4, 0.5) is 0 Å². The van der Waals surface area contributed by atoms with E-state index in [1.165, 1.54) is 75.3 Å². The molecule has 0 spiro atoms. The first kappa shape index (κ1) is 20.0. The zero-order chi connectivity index (χ0) is 19.6. The Bertz CT molecular complexity index is 712. The molecule has 2 aliphatic rings. The Kier molecular flexibility index (Phi) is 5.64. The van der Waals surface area contributed by atoms with Gasteiger partial charge >= 0.3 is 168 Å². The van der Waals surface area contributed by atoms with Crippen molar-refractivity contribution in [3.8, 4) is 0 Å². The quantitative estimate of drug-likeness (QED) is 0.633. The Labute approximate surface area is 168 Å². The van der Waals surface area contributed by atoms with Gasteiger partial charge in [0.05, 0.1) is 0 Å². The summed E-state index contributed by atoms with van der Waals surface area (Å²) in [7, 11) is -5.09. The second-order valence-corrected chi connectivity index (χ2v) is 11.8. The van der Waals surface area contributed by atoms with E-state index in [0.717, 1.165) is 0 Å². The molecule has 28 heavy (non-hydrogen) atoms. The van der Waals surface area contributed by atoms with E-state index < -0.39 is 7.28 Å². The van der Waals surface area contributed by atoms with Crippen LogP contribution in [0.3, 0.4) is 0 Å². The summed E-state index contributed by atoms with van der Waals surface area (Å²) in [5.74, 6) is 1.11. The molecule has 0 amide bonds. The molecule has 3 N–H and O–H groups in total. The normalized spacial score (nSPS) is 21.2. The van der Waals surface area contributed by atoms with Gasteiger partial charge in [-0.15, -0.1) is 0 Å². The molecule has 2 saturated carbocycles. The second-order valence-electron chi connectivity index (χ2n) is 8.83. The summed E-state index contributed by atoms with van der Waals surface area (Å²) >= 11 is 0.